The van der Waals surface area contributed by atoms with Crippen LogP contribution in [-0.2, 0) is 14.7 Å². The van der Waals surface area contributed by atoms with E-state index in [0.717, 1.165) is 0 Å². The minimum atomic E-state index is -1.35. The summed E-state index contributed by atoms with van der Waals surface area (Å²) in [5.41, 5.74) is 0. The maximum atomic E-state index is 10.0. The molecule has 1 atom stereocenters. The molecule has 0 saturated heterocycles. The van der Waals surface area contributed by atoms with Crippen LogP contribution in [-0.4, -0.2) is 28.8 Å². The lowest BCUT2D eigenvalue weighted by molar-refractivity contribution is -0.150. The monoisotopic (exact) mass is 147 g/mol. The third kappa shape index (κ3) is 3.03. The van der Waals surface area contributed by atoms with Crippen LogP contribution in [0.1, 0.15) is 6.42 Å². The highest BCUT2D eigenvalue weighted by atomic mass is 16.4. The van der Waals surface area contributed by atoms with Gasteiger partial charge < -0.3 is 10.2 Å². The predicted octanol–water partition coefficient (Wildman–Crippen LogP) is -0.408. The number of aliphatic carboxylic acids is 2. The quantitative estimate of drug-likeness (QED) is 0.565. The number of hydrogen-bond donors (Lipinski definition) is 2. The molecular formula is C5H7O5. The van der Waals surface area contributed by atoms with Gasteiger partial charge in [0.2, 0.25) is 0 Å². The normalized spacial score (nSPS) is 12.5. The Hall–Kier alpha value is -1.10. The highest BCUT2D eigenvalue weighted by Gasteiger charge is 2.19. The van der Waals surface area contributed by atoms with Gasteiger partial charge >= 0.3 is 11.9 Å². The molecule has 0 fully saturated rings. The van der Waals surface area contributed by atoms with Gasteiger partial charge in [0.25, 0.3) is 0 Å². The second-order valence-electron chi connectivity index (χ2n) is 1.80. The van der Waals surface area contributed by atoms with E-state index in [2.05, 4.69) is 0 Å². The van der Waals surface area contributed by atoms with Gasteiger partial charge in [-0.1, -0.05) is 0 Å². The Labute approximate surface area is 56.9 Å². The maximum absolute atomic E-state index is 10.0. The summed E-state index contributed by atoms with van der Waals surface area (Å²) in [4.78, 5) is 19.9. The SMILES string of the molecule is [O]CC(CC(=O)O)C(=O)O. The lowest BCUT2D eigenvalue weighted by atomic mass is 10.1. The average Bonchev–Trinajstić information content (AvgIpc) is 1.81. The van der Waals surface area contributed by atoms with E-state index in [1.165, 1.54) is 0 Å². The van der Waals surface area contributed by atoms with Gasteiger partial charge in [-0.25, -0.2) is 5.11 Å². The van der Waals surface area contributed by atoms with E-state index in [4.69, 9.17) is 10.2 Å². The van der Waals surface area contributed by atoms with Crippen molar-refractivity contribution in [3.8, 4) is 0 Å². The Morgan fingerprint density at radius 2 is 1.80 bits per heavy atom. The minimum absolute atomic E-state index is 0.598. The molecule has 0 bridgehead atoms. The lowest BCUT2D eigenvalue weighted by Gasteiger charge is -2.01. The number of carbonyl (C=O) groups is 2. The number of rotatable bonds is 4. The van der Waals surface area contributed by atoms with Crippen molar-refractivity contribution in [1.29, 1.82) is 0 Å². The van der Waals surface area contributed by atoms with Gasteiger partial charge in [0.15, 0.2) is 0 Å². The summed E-state index contributed by atoms with van der Waals surface area (Å²) < 4.78 is 0. The molecule has 5 nitrogen and oxygen atoms in total. The topological polar surface area (TPSA) is 94.5 Å². The lowest BCUT2D eigenvalue weighted by Crippen LogP contribution is -2.20. The first-order valence-electron chi connectivity index (χ1n) is 2.60. The van der Waals surface area contributed by atoms with E-state index in [1.807, 2.05) is 0 Å². The largest absolute Gasteiger partial charge is 0.481 e. The average molecular weight is 147 g/mol. The number of carboxylic acids is 2. The van der Waals surface area contributed by atoms with Crippen molar-refractivity contribution in [3.63, 3.8) is 0 Å². The second kappa shape index (κ2) is 3.84. The number of hydrogen-bond acceptors (Lipinski definition) is 2. The van der Waals surface area contributed by atoms with Crippen LogP contribution < -0.4 is 0 Å². The van der Waals surface area contributed by atoms with Crippen LogP contribution in [0.3, 0.4) is 0 Å². The fraction of sp³-hybridized carbons (Fsp3) is 0.600. The molecule has 0 aliphatic carbocycles. The zero-order valence-corrected chi connectivity index (χ0v) is 5.11. The fourth-order valence-corrected chi connectivity index (χ4v) is 0.428. The van der Waals surface area contributed by atoms with Gasteiger partial charge in [-0.05, 0) is 0 Å². The van der Waals surface area contributed by atoms with E-state index in [-0.39, 0.29) is 0 Å². The fourth-order valence-electron chi connectivity index (χ4n) is 0.428. The van der Waals surface area contributed by atoms with E-state index < -0.39 is 30.9 Å². The molecule has 0 aromatic carbocycles. The van der Waals surface area contributed by atoms with Gasteiger partial charge in [-0.15, -0.1) is 0 Å². The summed E-state index contributed by atoms with van der Waals surface area (Å²) in [7, 11) is 0. The summed E-state index contributed by atoms with van der Waals surface area (Å²) in [6, 6.07) is 0. The van der Waals surface area contributed by atoms with Crippen molar-refractivity contribution in [2.75, 3.05) is 6.61 Å². The third-order valence-electron chi connectivity index (χ3n) is 0.971. The molecule has 2 N–H and O–H groups in total. The summed E-state index contributed by atoms with van der Waals surface area (Å²) >= 11 is 0. The highest BCUT2D eigenvalue weighted by Crippen LogP contribution is 2.01. The zero-order valence-electron chi connectivity index (χ0n) is 5.11. The smallest absolute Gasteiger partial charge is 0.309 e. The molecule has 1 radical (unpaired) electrons. The first-order valence-corrected chi connectivity index (χ1v) is 2.60. The van der Waals surface area contributed by atoms with Crippen LogP contribution in [0.15, 0.2) is 0 Å². The Morgan fingerprint density at radius 3 is 1.90 bits per heavy atom. The van der Waals surface area contributed by atoms with Crippen molar-refractivity contribution in [2.45, 2.75) is 6.42 Å². The molecule has 0 spiro atoms. The van der Waals surface area contributed by atoms with E-state index >= 15 is 0 Å². The highest BCUT2D eigenvalue weighted by molar-refractivity contribution is 5.77. The van der Waals surface area contributed by atoms with Crippen LogP contribution in [0.4, 0.5) is 0 Å². The summed E-state index contributed by atoms with van der Waals surface area (Å²) in [6.07, 6.45) is -0.598. The van der Waals surface area contributed by atoms with Crippen molar-refractivity contribution < 1.29 is 24.9 Å². The maximum Gasteiger partial charge on any atom is 0.309 e. The Kier molecular flexibility index (Phi) is 3.42. The Morgan fingerprint density at radius 1 is 1.30 bits per heavy atom. The molecule has 0 aliphatic heterocycles. The number of carboxylic acid groups (broad SMARTS) is 2. The standard InChI is InChI=1S/C5H7O5/c6-2-3(5(9)10)1-4(7)8/h3H,1-2H2,(H,7,8)(H,9,10). The van der Waals surface area contributed by atoms with Crippen molar-refractivity contribution in [3.05, 3.63) is 0 Å². The van der Waals surface area contributed by atoms with E-state index in [9.17, 15) is 14.7 Å². The zero-order chi connectivity index (χ0) is 8.15. The summed E-state index contributed by atoms with van der Waals surface area (Å²) in [5.74, 6) is -3.90. The van der Waals surface area contributed by atoms with Crippen molar-refractivity contribution >= 4 is 11.9 Å². The van der Waals surface area contributed by atoms with Crippen molar-refractivity contribution in [1.82, 2.24) is 0 Å². The molecule has 0 amide bonds. The van der Waals surface area contributed by atoms with Crippen LogP contribution >= 0.6 is 0 Å². The minimum Gasteiger partial charge on any atom is -0.481 e. The van der Waals surface area contributed by atoms with Crippen LogP contribution in [0, 0.1) is 5.92 Å². The Balaban J connectivity index is 3.83. The van der Waals surface area contributed by atoms with Gasteiger partial charge in [-0.2, -0.15) is 0 Å². The third-order valence-corrected chi connectivity index (χ3v) is 0.971. The van der Waals surface area contributed by atoms with Crippen LogP contribution in [0.2, 0.25) is 0 Å². The van der Waals surface area contributed by atoms with Gasteiger partial charge in [0, 0.05) is 0 Å². The van der Waals surface area contributed by atoms with Gasteiger partial charge in [0.05, 0.1) is 18.9 Å². The van der Waals surface area contributed by atoms with Crippen molar-refractivity contribution in [2.24, 2.45) is 5.92 Å². The summed E-state index contributed by atoms with van der Waals surface area (Å²) in [6.45, 7) is -0.887. The summed E-state index contributed by atoms with van der Waals surface area (Å²) in [5, 5.41) is 26.2. The first kappa shape index (κ1) is 8.90. The van der Waals surface area contributed by atoms with Gasteiger partial charge in [0.1, 0.15) is 0 Å². The molecule has 5 heteroatoms. The molecule has 0 aromatic heterocycles. The molecule has 0 aromatic rings. The first-order chi connectivity index (χ1) is 4.57. The molecular weight excluding hydrogens is 140 g/mol. The van der Waals surface area contributed by atoms with Gasteiger partial charge in [-0.3, -0.25) is 9.59 Å². The molecule has 0 saturated carbocycles. The van der Waals surface area contributed by atoms with E-state index in [0.29, 0.717) is 0 Å². The molecule has 57 valence electrons. The molecule has 10 heavy (non-hydrogen) atoms. The molecule has 0 aliphatic rings. The van der Waals surface area contributed by atoms with E-state index in [1.54, 1.807) is 0 Å². The molecule has 0 rings (SSSR count). The second-order valence-corrected chi connectivity index (χ2v) is 1.80. The molecule has 1 unspecified atom stereocenters. The van der Waals surface area contributed by atoms with Crippen LogP contribution in [0.5, 0.6) is 0 Å². The van der Waals surface area contributed by atoms with Crippen LogP contribution in [0.25, 0.3) is 0 Å². The predicted molar refractivity (Wildman–Crippen MR) is 28.9 cm³/mol. The molecule has 0 heterocycles. The Bertz CT molecular complexity index is 141.